The van der Waals surface area contributed by atoms with Gasteiger partial charge >= 0.3 is 5.97 Å². The molecule has 0 amide bonds. The van der Waals surface area contributed by atoms with Crippen LogP contribution in [0.3, 0.4) is 0 Å². The lowest BCUT2D eigenvalue weighted by Gasteiger charge is -2.14. The van der Waals surface area contributed by atoms with E-state index in [9.17, 15) is 10.1 Å². The van der Waals surface area contributed by atoms with Crippen LogP contribution in [-0.4, -0.2) is 18.2 Å². The molecule has 0 saturated heterocycles. The molecule has 0 aliphatic heterocycles. The van der Waals surface area contributed by atoms with E-state index in [4.69, 9.17) is 9.84 Å². The standard InChI is InChI=1S/C25H21NO3/c1-3-18-14-20(7-10-23(18)19-6-4-5-17(13-19)16-26)24-11-9-22(29-2)15-21(24)8-12-25(27)28/h4-15H,3H2,1-2H3,(H,27,28)/b12-8+. The third-order valence-electron chi connectivity index (χ3n) is 4.76. The van der Waals surface area contributed by atoms with Gasteiger partial charge in [0, 0.05) is 6.08 Å². The first kappa shape index (κ1) is 19.9. The Morgan fingerprint density at radius 2 is 1.83 bits per heavy atom. The molecule has 3 aromatic rings. The van der Waals surface area contributed by atoms with Crippen molar-refractivity contribution in [2.75, 3.05) is 7.11 Å². The van der Waals surface area contributed by atoms with E-state index in [-0.39, 0.29) is 0 Å². The number of aliphatic carboxylic acids is 1. The van der Waals surface area contributed by atoms with E-state index in [2.05, 4.69) is 25.1 Å². The molecule has 0 atom stereocenters. The summed E-state index contributed by atoms with van der Waals surface area (Å²) in [5.41, 5.74) is 6.57. The van der Waals surface area contributed by atoms with Crippen LogP contribution in [0.1, 0.15) is 23.6 Å². The van der Waals surface area contributed by atoms with Crippen LogP contribution in [0.5, 0.6) is 5.75 Å². The Labute approximate surface area is 170 Å². The van der Waals surface area contributed by atoms with Crippen molar-refractivity contribution in [1.29, 1.82) is 5.26 Å². The fraction of sp³-hybridized carbons (Fsp3) is 0.120. The number of hydrogen-bond acceptors (Lipinski definition) is 3. The van der Waals surface area contributed by atoms with Crippen LogP contribution in [0.4, 0.5) is 0 Å². The third kappa shape index (κ3) is 4.53. The third-order valence-corrected chi connectivity index (χ3v) is 4.76. The zero-order valence-corrected chi connectivity index (χ0v) is 16.3. The van der Waals surface area contributed by atoms with Crippen molar-refractivity contribution in [1.82, 2.24) is 0 Å². The van der Waals surface area contributed by atoms with Gasteiger partial charge in [0.1, 0.15) is 5.75 Å². The van der Waals surface area contributed by atoms with Crippen LogP contribution in [0.2, 0.25) is 0 Å². The van der Waals surface area contributed by atoms with Gasteiger partial charge in [0.25, 0.3) is 0 Å². The van der Waals surface area contributed by atoms with Crippen LogP contribution < -0.4 is 4.74 Å². The van der Waals surface area contributed by atoms with Gasteiger partial charge in [0.15, 0.2) is 0 Å². The highest BCUT2D eigenvalue weighted by Gasteiger charge is 2.10. The molecule has 0 radical (unpaired) electrons. The van der Waals surface area contributed by atoms with Crippen molar-refractivity contribution in [3.63, 3.8) is 0 Å². The number of carboxylic acids is 1. The van der Waals surface area contributed by atoms with Crippen molar-refractivity contribution in [2.45, 2.75) is 13.3 Å². The Bertz CT molecular complexity index is 1120. The molecule has 3 aromatic carbocycles. The molecule has 1 N–H and O–H groups in total. The van der Waals surface area contributed by atoms with E-state index < -0.39 is 5.97 Å². The minimum Gasteiger partial charge on any atom is -0.497 e. The zero-order valence-electron chi connectivity index (χ0n) is 16.3. The summed E-state index contributed by atoms with van der Waals surface area (Å²) < 4.78 is 5.29. The van der Waals surface area contributed by atoms with Crippen molar-refractivity contribution in [2.24, 2.45) is 0 Å². The van der Waals surface area contributed by atoms with E-state index in [1.165, 1.54) is 0 Å². The summed E-state index contributed by atoms with van der Waals surface area (Å²) in [6, 6.07) is 21.6. The maximum Gasteiger partial charge on any atom is 0.328 e. The largest absolute Gasteiger partial charge is 0.497 e. The first-order valence-corrected chi connectivity index (χ1v) is 9.28. The van der Waals surface area contributed by atoms with E-state index in [0.717, 1.165) is 45.9 Å². The van der Waals surface area contributed by atoms with E-state index in [1.54, 1.807) is 19.3 Å². The zero-order chi connectivity index (χ0) is 20.8. The molecule has 0 unspecified atom stereocenters. The van der Waals surface area contributed by atoms with Crippen molar-refractivity contribution in [3.05, 3.63) is 83.4 Å². The predicted octanol–water partition coefficient (Wildman–Crippen LogP) is 5.56. The van der Waals surface area contributed by atoms with Gasteiger partial charge in [-0.05, 0) is 70.1 Å². The van der Waals surface area contributed by atoms with Crippen molar-refractivity contribution >= 4 is 12.0 Å². The lowest BCUT2D eigenvalue weighted by molar-refractivity contribution is -0.131. The van der Waals surface area contributed by atoms with Crippen LogP contribution >= 0.6 is 0 Å². The second-order valence-electron chi connectivity index (χ2n) is 6.54. The number of aryl methyl sites for hydroxylation is 1. The van der Waals surface area contributed by atoms with E-state index in [1.807, 2.05) is 42.5 Å². The lowest BCUT2D eigenvalue weighted by Crippen LogP contribution is -1.93. The summed E-state index contributed by atoms with van der Waals surface area (Å²) in [5.74, 6) is -0.333. The fourth-order valence-corrected chi connectivity index (χ4v) is 3.32. The molecule has 0 aromatic heterocycles. The predicted molar refractivity (Wildman–Crippen MR) is 115 cm³/mol. The molecule has 3 rings (SSSR count). The maximum absolute atomic E-state index is 11.0. The highest BCUT2D eigenvalue weighted by Crippen LogP contribution is 2.33. The second kappa shape index (κ2) is 8.90. The number of methoxy groups -OCH3 is 1. The molecule has 0 spiro atoms. The van der Waals surface area contributed by atoms with Crippen LogP contribution in [0, 0.1) is 11.3 Å². The number of rotatable bonds is 6. The number of benzene rings is 3. The van der Waals surface area contributed by atoms with Gasteiger partial charge in [0.05, 0.1) is 18.7 Å². The maximum atomic E-state index is 11.0. The summed E-state index contributed by atoms with van der Waals surface area (Å²) in [6.45, 7) is 2.09. The van der Waals surface area contributed by atoms with Gasteiger partial charge < -0.3 is 9.84 Å². The van der Waals surface area contributed by atoms with Gasteiger partial charge in [-0.15, -0.1) is 0 Å². The summed E-state index contributed by atoms with van der Waals surface area (Å²) in [5, 5.41) is 18.2. The van der Waals surface area contributed by atoms with Crippen molar-refractivity contribution < 1.29 is 14.6 Å². The molecule has 4 nitrogen and oxygen atoms in total. The Hall–Kier alpha value is -3.84. The second-order valence-corrected chi connectivity index (χ2v) is 6.54. The Morgan fingerprint density at radius 3 is 2.52 bits per heavy atom. The smallest absolute Gasteiger partial charge is 0.328 e. The molecular formula is C25H21NO3. The van der Waals surface area contributed by atoms with E-state index >= 15 is 0 Å². The van der Waals surface area contributed by atoms with Gasteiger partial charge in [-0.2, -0.15) is 5.26 Å². The minimum absolute atomic E-state index is 0.630. The Balaban J connectivity index is 2.11. The van der Waals surface area contributed by atoms with E-state index in [0.29, 0.717) is 11.3 Å². The molecule has 0 heterocycles. The highest BCUT2D eigenvalue weighted by molar-refractivity contribution is 5.88. The summed E-state index contributed by atoms with van der Waals surface area (Å²) >= 11 is 0. The molecule has 0 aliphatic rings. The monoisotopic (exact) mass is 383 g/mol. The molecule has 144 valence electrons. The topological polar surface area (TPSA) is 70.3 Å². The van der Waals surface area contributed by atoms with Crippen LogP contribution in [-0.2, 0) is 11.2 Å². The first-order valence-electron chi connectivity index (χ1n) is 9.28. The molecule has 0 saturated carbocycles. The lowest BCUT2D eigenvalue weighted by atomic mass is 9.91. The average molecular weight is 383 g/mol. The molecule has 29 heavy (non-hydrogen) atoms. The summed E-state index contributed by atoms with van der Waals surface area (Å²) in [4.78, 5) is 11.0. The van der Waals surface area contributed by atoms with Gasteiger partial charge in [-0.3, -0.25) is 0 Å². The molecule has 0 aliphatic carbocycles. The SMILES string of the molecule is CCc1cc(-c2ccc(OC)cc2/C=C/C(=O)O)ccc1-c1cccc(C#N)c1. The average Bonchev–Trinajstić information content (AvgIpc) is 2.77. The minimum atomic E-state index is -0.999. The van der Waals surface area contributed by atoms with Gasteiger partial charge in [-0.1, -0.05) is 43.3 Å². The molecule has 4 heteroatoms. The number of ether oxygens (including phenoxy) is 1. The van der Waals surface area contributed by atoms with Crippen LogP contribution in [0.15, 0.2) is 66.7 Å². The fourth-order valence-electron chi connectivity index (χ4n) is 3.32. The first-order chi connectivity index (χ1) is 14.0. The number of nitrogens with zero attached hydrogens (tertiary/aromatic N) is 1. The Morgan fingerprint density at radius 1 is 1.07 bits per heavy atom. The number of carboxylic acid groups (broad SMARTS) is 1. The normalized spacial score (nSPS) is 10.7. The molecule has 0 bridgehead atoms. The Kier molecular flexibility index (Phi) is 6.11. The van der Waals surface area contributed by atoms with Crippen molar-refractivity contribution in [3.8, 4) is 34.1 Å². The summed E-state index contributed by atoms with van der Waals surface area (Å²) in [7, 11) is 1.58. The number of carbonyl (C=O) groups is 1. The molecular weight excluding hydrogens is 362 g/mol. The van der Waals surface area contributed by atoms with Gasteiger partial charge in [-0.25, -0.2) is 4.79 Å². The van der Waals surface area contributed by atoms with Gasteiger partial charge in [0.2, 0.25) is 0 Å². The highest BCUT2D eigenvalue weighted by atomic mass is 16.5. The van der Waals surface area contributed by atoms with Crippen LogP contribution in [0.25, 0.3) is 28.3 Å². The quantitative estimate of drug-likeness (QED) is 0.566. The molecule has 0 fully saturated rings. The number of nitriles is 1. The summed E-state index contributed by atoms with van der Waals surface area (Å²) in [6.07, 6.45) is 3.53. The number of hydrogen-bond donors (Lipinski definition) is 1.